The molecule has 0 N–H and O–H groups in total. The predicted molar refractivity (Wildman–Crippen MR) is 73.0 cm³/mol. The molecule has 5 heteroatoms. The second-order valence-corrected chi connectivity index (χ2v) is 5.61. The average Bonchev–Trinajstić information content (AvgIpc) is 2.61. The Balaban J connectivity index is 1.98. The van der Waals surface area contributed by atoms with Crippen molar-refractivity contribution >= 4 is 5.69 Å². The predicted octanol–water partition coefficient (Wildman–Crippen LogP) is 3.16. The minimum Gasteiger partial charge on any atom is -0.366 e. The lowest BCUT2D eigenvalue weighted by Gasteiger charge is -2.28. The van der Waals surface area contributed by atoms with Crippen molar-refractivity contribution in [1.82, 2.24) is 4.90 Å². The fraction of sp³-hybridized carbons (Fsp3) is 0.600. The third kappa shape index (κ3) is 2.28. The maximum Gasteiger partial charge on any atom is 0.418 e. The average molecular weight is 284 g/mol. The van der Waals surface area contributed by atoms with Crippen molar-refractivity contribution in [3.05, 3.63) is 29.3 Å². The van der Waals surface area contributed by atoms with Crippen LogP contribution in [0.5, 0.6) is 0 Å². The lowest BCUT2D eigenvalue weighted by molar-refractivity contribution is -0.137. The molecule has 20 heavy (non-hydrogen) atoms. The number of fused-ring (bicyclic) bond motifs is 3. The van der Waals surface area contributed by atoms with E-state index in [9.17, 15) is 13.2 Å². The Bertz CT molecular complexity index is 498. The van der Waals surface area contributed by atoms with E-state index in [1.807, 2.05) is 11.0 Å². The van der Waals surface area contributed by atoms with Gasteiger partial charge in [-0.05, 0) is 37.6 Å². The fourth-order valence-corrected chi connectivity index (χ4v) is 3.47. The number of likely N-dealkylation sites (N-methyl/N-ethyl adjacent to an activating group) is 1. The molecule has 0 radical (unpaired) electrons. The number of nitrogens with zero attached hydrogens (tertiary/aromatic N) is 2. The second kappa shape index (κ2) is 4.95. The van der Waals surface area contributed by atoms with E-state index >= 15 is 0 Å². The van der Waals surface area contributed by atoms with Crippen LogP contribution in [0.3, 0.4) is 0 Å². The van der Waals surface area contributed by atoms with E-state index in [0.29, 0.717) is 5.69 Å². The van der Waals surface area contributed by atoms with Crippen molar-refractivity contribution in [3.8, 4) is 0 Å². The lowest BCUT2D eigenvalue weighted by Crippen LogP contribution is -2.39. The van der Waals surface area contributed by atoms with Crippen LogP contribution in [-0.4, -0.2) is 37.1 Å². The highest BCUT2D eigenvalue weighted by molar-refractivity contribution is 5.65. The van der Waals surface area contributed by atoms with Crippen LogP contribution >= 0.6 is 0 Å². The summed E-state index contributed by atoms with van der Waals surface area (Å²) in [6.45, 7) is 5.64. The van der Waals surface area contributed by atoms with Crippen LogP contribution in [0.1, 0.15) is 24.5 Å². The number of halogens is 3. The number of benzene rings is 1. The van der Waals surface area contributed by atoms with Crippen molar-refractivity contribution in [2.45, 2.75) is 32.0 Å². The minimum atomic E-state index is -4.27. The zero-order valence-corrected chi connectivity index (χ0v) is 11.6. The van der Waals surface area contributed by atoms with Gasteiger partial charge in [-0.1, -0.05) is 19.1 Å². The molecule has 1 fully saturated rings. The molecule has 1 aromatic carbocycles. The van der Waals surface area contributed by atoms with Gasteiger partial charge in [-0.25, -0.2) is 0 Å². The quantitative estimate of drug-likeness (QED) is 0.781. The Hall–Kier alpha value is -1.23. The molecular weight excluding hydrogens is 265 g/mol. The number of hydrogen-bond donors (Lipinski definition) is 0. The van der Waals surface area contributed by atoms with Crippen LogP contribution in [0.4, 0.5) is 18.9 Å². The Morgan fingerprint density at radius 3 is 2.75 bits per heavy atom. The van der Waals surface area contributed by atoms with Gasteiger partial charge in [0.2, 0.25) is 0 Å². The van der Waals surface area contributed by atoms with Crippen molar-refractivity contribution in [3.63, 3.8) is 0 Å². The van der Waals surface area contributed by atoms with Gasteiger partial charge in [0.1, 0.15) is 0 Å². The fourth-order valence-electron chi connectivity index (χ4n) is 3.47. The molecule has 0 amide bonds. The summed E-state index contributed by atoms with van der Waals surface area (Å²) in [5.74, 6) is 0. The molecule has 0 aromatic heterocycles. The molecule has 0 spiro atoms. The molecule has 3 rings (SSSR count). The minimum absolute atomic E-state index is 0.191. The Labute approximate surface area is 117 Å². The van der Waals surface area contributed by atoms with Crippen LogP contribution in [0, 0.1) is 0 Å². The monoisotopic (exact) mass is 284 g/mol. The second-order valence-electron chi connectivity index (χ2n) is 5.61. The molecule has 2 heterocycles. The van der Waals surface area contributed by atoms with Crippen LogP contribution in [-0.2, 0) is 12.6 Å². The lowest BCUT2D eigenvalue weighted by atomic mass is 10.1. The summed E-state index contributed by atoms with van der Waals surface area (Å²) in [4.78, 5) is 4.33. The summed E-state index contributed by atoms with van der Waals surface area (Å²) in [6.07, 6.45) is -2.61. The van der Waals surface area contributed by atoms with Crippen LogP contribution < -0.4 is 4.90 Å². The van der Waals surface area contributed by atoms with E-state index in [-0.39, 0.29) is 6.04 Å². The van der Waals surface area contributed by atoms with Crippen molar-refractivity contribution in [2.75, 3.05) is 31.1 Å². The molecule has 2 aliphatic heterocycles. The Morgan fingerprint density at radius 1 is 1.25 bits per heavy atom. The number of para-hydroxylation sites is 1. The number of rotatable bonds is 1. The SMILES string of the molecule is CCN1CCCN2c3c(cccc3C(F)(F)F)CC2C1. The van der Waals surface area contributed by atoms with E-state index < -0.39 is 11.7 Å². The van der Waals surface area contributed by atoms with E-state index in [1.165, 1.54) is 12.1 Å². The van der Waals surface area contributed by atoms with Crippen molar-refractivity contribution in [1.29, 1.82) is 0 Å². The first kappa shape index (κ1) is 13.7. The maximum absolute atomic E-state index is 13.2. The normalized spacial score (nSPS) is 23.4. The summed E-state index contributed by atoms with van der Waals surface area (Å²) >= 11 is 0. The molecule has 0 saturated carbocycles. The van der Waals surface area contributed by atoms with Crippen molar-refractivity contribution in [2.24, 2.45) is 0 Å². The standard InChI is InChI=1S/C15H19F3N2/c1-2-19-7-4-8-20-12(10-19)9-11-5-3-6-13(14(11)20)15(16,17)18/h3,5-6,12H,2,4,7-10H2,1H3. The first-order valence-corrected chi connectivity index (χ1v) is 7.18. The Kier molecular flexibility index (Phi) is 3.40. The molecular formula is C15H19F3N2. The summed E-state index contributed by atoms with van der Waals surface area (Å²) in [6, 6.07) is 4.78. The first-order chi connectivity index (χ1) is 9.50. The topological polar surface area (TPSA) is 6.48 Å². The largest absolute Gasteiger partial charge is 0.418 e. The Morgan fingerprint density at radius 2 is 2.05 bits per heavy atom. The van der Waals surface area contributed by atoms with E-state index in [2.05, 4.69) is 11.8 Å². The van der Waals surface area contributed by atoms with Gasteiger partial charge in [0, 0.05) is 19.1 Å². The highest BCUT2D eigenvalue weighted by Crippen LogP contribution is 2.43. The summed E-state index contributed by atoms with van der Waals surface area (Å²) in [5.41, 5.74) is 0.813. The summed E-state index contributed by atoms with van der Waals surface area (Å²) < 4.78 is 39.6. The van der Waals surface area contributed by atoms with Gasteiger partial charge in [0.05, 0.1) is 11.3 Å². The smallest absolute Gasteiger partial charge is 0.366 e. The zero-order valence-electron chi connectivity index (χ0n) is 11.6. The molecule has 1 saturated heterocycles. The molecule has 1 atom stereocenters. The van der Waals surface area contributed by atoms with Crippen LogP contribution in [0.2, 0.25) is 0 Å². The molecule has 2 aliphatic rings. The van der Waals surface area contributed by atoms with Gasteiger partial charge < -0.3 is 9.80 Å². The number of anilines is 1. The molecule has 2 nitrogen and oxygen atoms in total. The number of hydrogen-bond acceptors (Lipinski definition) is 2. The molecule has 1 unspecified atom stereocenters. The summed E-state index contributed by atoms with van der Waals surface area (Å²) in [7, 11) is 0. The molecule has 1 aromatic rings. The van der Waals surface area contributed by atoms with Gasteiger partial charge in [-0.15, -0.1) is 0 Å². The van der Waals surface area contributed by atoms with E-state index in [0.717, 1.165) is 44.6 Å². The van der Waals surface area contributed by atoms with Gasteiger partial charge >= 0.3 is 6.18 Å². The number of alkyl halides is 3. The molecule has 0 aliphatic carbocycles. The molecule has 110 valence electrons. The maximum atomic E-state index is 13.2. The zero-order chi connectivity index (χ0) is 14.3. The third-order valence-corrected chi connectivity index (χ3v) is 4.40. The van der Waals surface area contributed by atoms with Crippen LogP contribution in [0.25, 0.3) is 0 Å². The highest BCUT2D eigenvalue weighted by atomic mass is 19.4. The van der Waals surface area contributed by atoms with Gasteiger partial charge in [-0.3, -0.25) is 0 Å². The third-order valence-electron chi connectivity index (χ3n) is 4.40. The van der Waals surface area contributed by atoms with Gasteiger partial charge in [0.15, 0.2) is 0 Å². The van der Waals surface area contributed by atoms with Gasteiger partial charge in [-0.2, -0.15) is 13.2 Å². The first-order valence-electron chi connectivity index (χ1n) is 7.18. The van der Waals surface area contributed by atoms with Crippen LogP contribution in [0.15, 0.2) is 18.2 Å². The van der Waals surface area contributed by atoms with E-state index in [1.54, 1.807) is 0 Å². The van der Waals surface area contributed by atoms with Crippen molar-refractivity contribution < 1.29 is 13.2 Å². The summed E-state index contributed by atoms with van der Waals surface area (Å²) in [5, 5.41) is 0. The van der Waals surface area contributed by atoms with E-state index in [4.69, 9.17) is 0 Å². The molecule has 0 bridgehead atoms. The highest BCUT2D eigenvalue weighted by Gasteiger charge is 2.41. The van der Waals surface area contributed by atoms with Gasteiger partial charge in [0.25, 0.3) is 0 Å².